The van der Waals surface area contributed by atoms with Crippen LogP contribution in [0.5, 0.6) is 0 Å². The first-order chi connectivity index (χ1) is 11.4. The van der Waals surface area contributed by atoms with E-state index in [1.165, 1.54) is 37.4 Å². The van der Waals surface area contributed by atoms with Gasteiger partial charge in [-0.3, -0.25) is 8.86 Å². The summed E-state index contributed by atoms with van der Waals surface area (Å²) in [5, 5.41) is -0.0170. The van der Waals surface area contributed by atoms with Gasteiger partial charge in [-0.05, 0) is 29.8 Å². The summed E-state index contributed by atoms with van der Waals surface area (Å²) in [6.45, 7) is 0. The van der Waals surface area contributed by atoms with Crippen LogP contribution >= 0.6 is 23.2 Å². The summed E-state index contributed by atoms with van der Waals surface area (Å²) in [5.41, 5.74) is 6.33. The van der Waals surface area contributed by atoms with Gasteiger partial charge < -0.3 is 5.73 Å². The van der Waals surface area contributed by atoms with Crippen molar-refractivity contribution in [2.24, 2.45) is 0 Å². The van der Waals surface area contributed by atoms with E-state index in [1.807, 2.05) is 0 Å². The van der Waals surface area contributed by atoms with Crippen LogP contribution < -0.4 is 10.0 Å². The fourth-order valence-electron chi connectivity index (χ4n) is 2.04. The van der Waals surface area contributed by atoms with Gasteiger partial charge in [0, 0.05) is 7.05 Å². The lowest BCUT2D eigenvalue weighted by molar-refractivity contribution is 0.482. The molecule has 0 saturated carbocycles. The van der Waals surface area contributed by atoms with Crippen molar-refractivity contribution in [1.29, 1.82) is 0 Å². The van der Waals surface area contributed by atoms with Crippen molar-refractivity contribution in [1.82, 2.24) is 0 Å². The Morgan fingerprint density at radius 1 is 1.04 bits per heavy atom. The molecular weight excluding hydrogens is 411 g/mol. The number of nitrogen functional groups attached to an aromatic ring is 1. The average Bonchev–Trinajstić information content (AvgIpc) is 2.49. The third-order valence-electron chi connectivity index (χ3n) is 3.34. The predicted octanol–water partition coefficient (Wildman–Crippen LogP) is 2.79. The highest BCUT2D eigenvalue weighted by Gasteiger charge is 2.25. The van der Waals surface area contributed by atoms with Crippen molar-refractivity contribution >= 4 is 54.7 Å². The Balaban J connectivity index is 2.39. The monoisotopic (exact) mass is 424 g/mol. The molecule has 0 aliphatic heterocycles. The fourth-order valence-corrected chi connectivity index (χ4v) is 4.61. The molecule has 0 atom stereocenters. The van der Waals surface area contributed by atoms with Gasteiger partial charge in [0.25, 0.3) is 20.1 Å². The summed E-state index contributed by atoms with van der Waals surface area (Å²) in [5.74, 6) is -0.566. The maximum Gasteiger partial charge on any atom is 0.269 e. The Kier molecular flexibility index (Phi) is 5.55. The van der Waals surface area contributed by atoms with E-state index in [0.29, 0.717) is 5.56 Å². The number of anilines is 2. The number of nitrogens with zero attached hydrogens (tertiary/aromatic N) is 1. The molecule has 25 heavy (non-hydrogen) atoms. The summed E-state index contributed by atoms with van der Waals surface area (Å²) in [7, 11) is -6.87. The Hall–Kier alpha value is -1.52. The zero-order valence-corrected chi connectivity index (χ0v) is 16.0. The van der Waals surface area contributed by atoms with Gasteiger partial charge in [0.05, 0.1) is 21.4 Å². The molecule has 0 saturated heterocycles. The number of sulfonamides is 1. The minimum atomic E-state index is -4.17. The molecule has 0 aliphatic rings. The van der Waals surface area contributed by atoms with Crippen LogP contribution in [0.25, 0.3) is 0 Å². The number of hydrogen-bond acceptors (Lipinski definition) is 5. The molecule has 7 nitrogen and oxygen atoms in total. The molecule has 11 heteroatoms. The van der Waals surface area contributed by atoms with Crippen LogP contribution in [0.3, 0.4) is 0 Å². The van der Waals surface area contributed by atoms with Crippen molar-refractivity contribution in [3.63, 3.8) is 0 Å². The average molecular weight is 425 g/mol. The van der Waals surface area contributed by atoms with Crippen LogP contribution in [0.1, 0.15) is 5.56 Å². The highest BCUT2D eigenvalue weighted by molar-refractivity contribution is 7.93. The Labute approximate surface area is 155 Å². The van der Waals surface area contributed by atoms with E-state index in [-0.39, 0.29) is 26.3 Å². The van der Waals surface area contributed by atoms with Gasteiger partial charge in [-0.15, -0.1) is 0 Å². The molecule has 0 aliphatic carbocycles. The highest BCUT2D eigenvalue weighted by atomic mass is 35.5. The van der Waals surface area contributed by atoms with Crippen LogP contribution in [-0.2, 0) is 25.9 Å². The third kappa shape index (κ3) is 4.56. The second kappa shape index (κ2) is 7.00. The van der Waals surface area contributed by atoms with E-state index in [0.717, 1.165) is 10.4 Å². The minimum absolute atomic E-state index is 0.0554. The highest BCUT2D eigenvalue weighted by Crippen LogP contribution is 2.33. The second-order valence-corrected chi connectivity index (χ2v) is 9.37. The Bertz CT molecular complexity index is 1010. The first-order valence-corrected chi connectivity index (χ1v) is 10.5. The van der Waals surface area contributed by atoms with E-state index in [2.05, 4.69) is 0 Å². The van der Waals surface area contributed by atoms with Crippen LogP contribution in [0, 0.1) is 0 Å². The topological polar surface area (TPSA) is 118 Å². The number of rotatable bonds is 5. The molecule has 136 valence electrons. The van der Waals surface area contributed by atoms with Gasteiger partial charge in [0.2, 0.25) is 0 Å². The molecule has 0 spiro atoms. The number of nitrogens with two attached hydrogens (primary N) is 1. The number of hydrogen-bond donors (Lipinski definition) is 2. The van der Waals surface area contributed by atoms with Crippen molar-refractivity contribution < 1.29 is 21.4 Å². The third-order valence-corrected chi connectivity index (χ3v) is 6.61. The summed E-state index contributed by atoms with van der Waals surface area (Å²) >= 11 is 11.9. The molecule has 0 amide bonds. The Morgan fingerprint density at radius 3 is 2.12 bits per heavy atom. The molecule has 0 aromatic heterocycles. The molecule has 3 N–H and O–H groups in total. The second-order valence-electron chi connectivity index (χ2n) is 5.17. The summed E-state index contributed by atoms with van der Waals surface area (Å²) in [6.07, 6.45) is 0. The smallest absolute Gasteiger partial charge is 0.269 e. The fraction of sp³-hybridized carbons (Fsp3) is 0.143. The summed E-state index contributed by atoms with van der Waals surface area (Å²) in [6, 6.07) is 8.02. The molecule has 0 bridgehead atoms. The minimum Gasteiger partial charge on any atom is -0.397 e. The summed E-state index contributed by atoms with van der Waals surface area (Å²) < 4.78 is 57.0. The van der Waals surface area contributed by atoms with Gasteiger partial charge in [0.1, 0.15) is 10.6 Å². The van der Waals surface area contributed by atoms with E-state index in [9.17, 15) is 16.8 Å². The van der Waals surface area contributed by atoms with Crippen molar-refractivity contribution in [3.8, 4) is 0 Å². The largest absolute Gasteiger partial charge is 0.397 e. The van der Waals surface area contributed by atoms with Gasteiger partial charge in [-0.1, -0.05) is 35.3 Å². The molecular formula is C14H14Cl2N2O5S2. The maximum absolute atomic E-state index is 12.7. The van der Waals surface area contributed by atoms with E-state index in [1.54, 1.807) is 0 Å². The lowest BCUT2D eigenvalue weighted by Crippen LogP contribution is -2.27. The molecule has 2 aromatic rings. The van der Waals surface area contributed by atoms with Gasteiger partial charge in [-0.25, -0.2) is 8.42 Å². The quantitative estimate of drug-likeness (QED) is 0.562. The maximum atomic E-state index is 12.7. The van der Waals surface area contributed by atoms with E-state index >= 15 is 0 Å². The van der Waals surface area contributed by atoms with E-state index < -0.39 is 25.9 Å². The number of benzene rings is 2. The first-order valence-electron chi connectivity index (χ1n) is 6.69. The zero-order valence-electron chi connectivity index (χ0n) is 12.8. The van der Waals surface area contributed by atoms with Crippen LogP contribution in [-0.4, -0.2) is 28.4 Å². The van der Waals surface area contributed by atoms with Crippen molar-refractivity contribution in [2.45, 2.75) is 10.6 Å². The van der Waals surface area contributed by atoms with Gasteiger partial charge in [-0.2, -0.15) is 8.42 Å². The number of halogens is 2. The predicted molar refractivity (Wildman–Crippen MR) is 98.2 cm³/mol. The van der Waals surface area contributed by atoms with Crippen molar-refractivity contribution in [2.75, 3.05) is 17.1 Å². The molecule has 2 aromatic carbocycles. The Morgan fingerprint density at radius 2 is 1.60 bits per heavy atom. The van der Waals surface area contributed by atoms with Gasteiger partial charge in [0.15, 0.2) is 0 Å². The standard InChI is InChI=1S/C14H14Cl2N2O5S2/c1-18(10-4-2-9(3-5-10)8-24(19,20)21)25(22,23)14-7-11(15)13(17)6-12(14)16/h2-7H,8,17H2,1H3,(H,19,20,21). The molecule has 0 heterocycles. The molecule has 0 radical (unpaired) electrons. The van der Waals surface area contributed by atoms with Crippen LogP contribution in [0.15, 0.2) is 41.3 Å². The van der Waals surface area contributed by atoms with E-state index in [4.69, 9.17) is 33.5 Å². The van der Waals surface area contributed by atoms with Crippen LogP contribution in [0.4, 0.5) is 11.4 Å². The first kappa shape index (κ1) is 19.8. The van der Waals surface area contributed by atoms with Crippen molar-refractivity contribution in [3.05, 3.63) is 52.0 Å². The zero-order chi connectivity index (χ0) is 19.0. The molecule has 2 rings (SSSR count). The lowest BCUT2D eigenvalue weighted by atomic mass is 10.2. The van der Waals surface area contributed by atoms with Gasteiger partial charge >= 0.3 is 0 Å². The SMILES string of the molecule is CN(c1ccc(CS(=O)(=O)O)cc1)S(=O)(=O)c1cc(Cl)c(N)cc1Cl. The lowest BCUT2D eigenvalue weighted by Gasteiger charge is -2.21. The normalized spacial score (nSPS) is 12.2. The summed E-state index contributed by atoms with van der Waals surface area (Å²) in [4.78, 5) is -0.210. The van der Waals surface area contributed by atoms with Crippen LogP contribution in [0.2, 0.25) is 10.0 Å². The molecule has 0 unspecified atom stereocenters. The molecule has 0 fully saturated rings.